The fourth-order valence-corrected chi connectivity index (χ4v) is 3.10. The molecule has 0 bridgehead atoms. The van der Waals surface area contributed by atoms with E-state index in [0.717, 1.165) is 5.56 Å². The Bertz CT molecular complexity index is 881. The lowest BCUT2D eigenvalue weighted by Crippen LogP contribution is -2.50. The number of urea groups is 1. The van der Waals surface area contributed by atoms with Crippen LogP contribution in [0.25, 0.3) is 0 Å². The number of nitro groups is 1. The van der Waals surface area contributed by atoms with Gasteiger partial charge in [0.25, 0.3) is 5.69 Å². The van der Waals surface area contributed by atoms with Crippen LogP contribution in [0.3, 0.4) is 0 Å². The molecule has 0 atom stereocenters. The van der Waals surface area contributed by atoms with Crippen LogP contribution in [0.15, 0.2) is 30.3 Å². The number of aryl methyl sites for hydroxylation is 2. The van der Waals surface area contributed by atoms with Crippen LogP contribution in [0.5, 0.6) is 0 Å². The average molecular weight is 390 g/mol. The number of rotatable bonds is 3. The van der Waals surface area contributed by atoms with Crippen LogP contribution in [-0.4, -0.2) is 47.0 Å². The topological polar surface area (TPSA) is 91.6 Å². The first-order valence-electron chi connectivity index (χ1n) is 8.54. The first-order chi connectivity index (χ1) is 12.8. The summed E-state index contributed by atoms with van der Waals surface area (Å²) in [5.74, 6) is 0.684. The van der Waals surface area contributed by atoms with Gasteiger partial charge < -0.3 is 15.1 Å². The van der Waals surface area contributed by atoms with Crippen molar-refractivity contribution in [2.75, 3.05) is 36.4 Å². The molecule has 1 saturated heterocycles. The molecule has 2 heterocycles. The number of piperazine rings is 1. The number of aromatic nitrogens is 1. The number of pyridine rings is 1. The number of hydrogen-bond donors (Lipinski definition) is 1. The van der Waals surface area contributed by atoms with Crippen molar-refractivity contribution in [3.63, 3.8) is 0 Å². The fraction of sp³-hybridized carbons (Fsp3) is 0.333. The van der Waals surface area contributed by atoms with E-state index in [1.807, 2.05) is 24.0 Å². The molecular weight excluding hydrogens is 370 g/mol. The zero-order chi connectivity index (χ0) is 19.6. The van der Waals surface area contributed by atoms with Crippen LogP contribution in [-0.2, 0) is 0 Å². The van der Waals surface area contributed by atoms with Gasteiger partial charge in [-0.2, -0.15) is 0 Å². The SMILES string of the molecule is Cc1ccc(NC(=O)N2CCN(c3ccc([N+](=O)[O-])c(C)n3)CC2)cc1Cl. The van der Waals surface area contributed by atoms with Gasteiger partial charge in [0.05, 0.1) is 4.92 Å². The number of carbonyl (C=O) groups is 1. The Morgan fingerprint density at radius 1 is 1.19 bits per heavy atom. The maximum atomic E-state index is 12.4. The number of carbonyl (C=O) groups excluding carboxylic acids is 1. The van der Waals surface area contributed by atoms with Gasteiger partial charge in [0.15, 0.2) is 0 Å². The summed E-state index contributed by atoms with van der Waals surface area (Å²) in [6.45, 7) is 5.80. The van der Waals surface area contributed by atoms with Gasteiger partial charge in [0.1, 0.15) is 11.5 Å². The standard InChI is InChI=1S/C18H20ClN5O3/c1-12-3-4-14(11-15(12)19)21-18(25)23-9-7-22(8-10-23)17-6-5-16(24(26)27)13(2)20-17/h3-6,11H,7-10H2,1-2H3,(H,21,25). The number of benzene rings is 1. The molecule has 1 aliphatic rings. The highest BCUT2D eigenvalue weighted by atomic mass is 35.5. The van der Waals surface area contributed by atoms with E-state index < -0.39 is 4.92 Å². The van der Waals surface area contributed by atoms with Crippen molar-refractivity contribution in [1.29, 1.82) is 0 Å². The molecule has 1 fully saturated rings. The Morgan fingerprint density at radius 3 is 2.48 bits per heavy atom. The average Bonchev–Trinajstić information content (AvgIpc) is 2.64. The first-order valence-corrected chi connectivity index (χ1v) is 8.92. The highest BCUT2D eigenvalue weighted by Crippen LogP contribution is 2.22. The molecule has 0 radical (unpaired) electrons. The maximum absolute atomic E-state index is 12.4. The van der Waals surface area contributed by atoms with Crippen LogP contribution in [0.2, 0.25) is 5.02 Å². The minimum Gasteiger partial charge on any atom is -0.353 e. The summed E-state index contributed by atoms with van der Waals surface area (Å²) >= 11 is 6.09. The number of anilines is 2. The lowest BCUT2D eigenvalue weighted by molar-refractivity contribution is -0.385. The normalized spacial score (nSPS) is 14.2. The Kier molecular flexibility index (Phi) is 5.46. The summed E-state index contributed by atoms with van der Waals surface area (Å²) in [5.41, 5.74) is 2.00. The van der Waals surface area contributed by atoms with Crippen LogP contribution >= 0.6 is 11.6 Å². The lowest BCUT2D eigenvalue weighted by atomic mass is 10.2. The summed E-state index contributed by atoms with van der Waals surface area (Å²) in [6.07, 6.45) is 0. The molecular formula is C18H20ClN5O3. The van der Waals surface area contributed by atoms with Crippen LogP contribution in [0.1, 0.15) is 11.3 Å². The Balaban J connectivity index is 1.59. The summed E-state index contributed by atoms with van der Waals surface area (Å²) in [5, 5.41) is 14.4. The van der Waals surface area contributed by atoms with Crippen molar-refractivity contribution in [3.8, 4) is 0 Å². The third-order valence-electron chi connectivity index (χ3n) is 4.55. The zero-order valence-corrected chi connectivity index (χ0v) is 15.9. The van der Waals surface area contributed by atoms with Crippen molar-refractivity contribution in [2.45, 2.75) is 13.8 Å². The molecule has 0 spiro atoms. The van der Waals surface area contributed by atoms with Gasteiger partial charge >= 0.3 is 6.03 Å². The van der Waals surface area contributed by atoms with Crippen molar-refractivity contribution >= 4 is 34.8 Å². The highest BCUT2D eigenvalue weighted by molar-refractivity contribution is 6.31. The van der Waals surface area contributed by atoms with Crippen LogP contribution in [0, 0.1) is 24.0 Å². The summed E-state index contributed by atoms with van der Waals surface area (Å²) < 4.78 is 0. The van der Waals surface area contributed by atoms with E-state index >= 15 is 0 Å². The van der Waals surface area contributed by atoms with Crippen LogP contribution in [0.4, 0.5) is 22.0 Å². The first kappa shape index (κ1) is 18.9. The Morgan fingerprint density at radius 2 is 1.89 bits per heavy atom. The van der Waals surface area contributed by atoms with E-state index in [4.69, 9.17) is 11.6 Å². The molecule has 0 saturated carbocycles. The Labute approximate surface area is 161 Å². The number of hydrogen-bond acceptors (Lipinski definition) is 5. The highest BCUT2D eigenvalue weighted by Gasteiger charge is 2.23. The molecule has 3 rings (SSSR count). The molecule has 27 heavy (non-hydrogen) atoms. The monoisotopic (exact) mass is 389 g/mol. The third kappa shape index (κ3) is 4.28. The molecule has 0 unspecified atom stereocenters. The molecule has 1 aromatic carbocycles. The second kappa shape index (κ2) is 7.79. The van der Waals surface area contributed by atoms with Crippen molar-refractivity contribution in [2.24, 2.45) is 0 Å². The largest absolute Gasteiger partial charge is 0.353 e. The quantitative estimate of drug-likeness (QED) is 0.639. The fourth-order valence-electron chi connectivity index (χ4n) is 2.92. The van der Waals surface area contributed by atoms with E-state index in [1.165, 1.54) is 6.07 Å². The number of nitrogens with zero attached hydrogens (tertiary/aromatic N) is 4. The molecule has 2 amide bonds. The number of nitrogens with one attached hydrogen (secondary N) is 1. The predicted octanol–water partition coefficient (Wildman–Crippen LogP) is 3.61. The summed E-state index contributed by atoms with van der Waals surface area (Å²) in [7, 11) is 0. The van der Waals surface area contributed by atoms with Gasteiger partial charge in [-0.05, 0) is 37.6 Å². The van der Waals surface area contributed by atoms with Gasteiger partial charge in [-0.3, -0.25) is 10.1 Å². The molecule has 1 aliphatic heterocycles. The lowest BCUT2D eigenvalue weighted by Gasteiger charge is -2.35. The van der Waals surface area contributed by atoms with Crippen molar-refractivity contribution in [1.82, 2.24) is 9.88 Å². The van der Waals surface area contributed by atoms with Gasteiger partial charge in [0, 0.05) is 43.0 Å². The predicted molar refractivity (Wildman–Crippen MR) is 105 cm³/mol. The molecule has 142 valence electrons. The molecule has 2 aromatic rings. The molecule has 0 aliphatic carbocycles. The van der Waals surface area contributed by atoms with Crippen molar-refractivity contribution < 1.29 is 9.72 Å². The van der Waals surface area contributed by atoms with Gasteiger partial charge in [-0.25, -0.2) is 9.78 Å². The second-order valence-electron chi connectivity index (χ2n) is 6.40. The smallest absolute Gasteiger partial charge is 0.321 e. The zero-order valence-electron chi connectivity index (χ0n) is 15.1. The number of amides is 2. The minimum atomic E-state index is -0.439. The third-order valence-corrected chi connectivity index (χ3v) is 4.96. The summed E-state index contributed by atoms with van der Waals surface area (Å²) in [4.78, 5) is 31.0. The molecule has 8 nitrogen and oxygen atoms in total. The molecule has 9 heteroatoms. The van der Waals surface area contributed by atoms with E-state index in [1.54, 1.807) is 24.0 Å². The maximum Gasteiger partial charge on any atom is 0.321 e. The summed E-state index contributed by atoms with van der Waals surface area (Å²) in [6, 6.07) is 8.35. The van der Waals surface area contributed by atoms with Gasteiger partial charge in [0.2, 0.25) is 0 Å². The van der Waals surface area contributed by atoms with Crippen LogP contribution < -0.4 is 10.2 Å². The van der Waals surface area contributed by atoms with Gasteiger partial charge in [-0.1, -0.05) is 17.7 Å². The molecule has 1 aromatic heterocycles. The minimum absolute atomic E-state index is 0.00789. The second-order valence-corrected chi connectivity index (χ2v) is 6.81. The van der Waals surface area contributed by atoms with Crippen molar-refractivity contribution in [3.05, 3.63) is 56.7 Å². The van der Waals surface area contributed by atoms with E-state index in [2.05, 4.69) is 10.3 Å². The Hall–Kier alpha value is -2.87. The van der Waals surface area contributed by atoms with E-state index in [0.29, 0.717) is 48.4 Å². The number of halogens is 1. The van der Waals surface area contributed by atoms with Gasteiger partial charge in [-0.15, -0.1) is 0 Å². The van der Waals surface area contributed by atoms with E-state index in [-0.39, 0.29) is 11.7 Å². The van der Waals surface area contributed by atoms with E-state index in [9.17, 15) is 14.9 Å². The molecule has 1 N–H and O–H groups in total.